The summed E-state index contributed by atoms with van der Waals surface area (Å²) in [6.45, 7) is 3.93. The molecule has 0 amide bonds. The molecule has 0 heterocycles. The van der Waals surface area contributed by atoms with E-state index in [0.717, 1.165) is 6.42 Å². The predicted octanol–water partition coefficient (Wildman–Crippen LogP) is 1.51. The summed E-state index contributed by atoms with van der Waals surface area (Å²) in [5, 5.41) is 8.22. The second-order valence-electron chi connectivity index (χ2n) is 2.11. The highest BCUT2D eigenvalue weighted by Gasteiger charge is 2.02. The Morgan fingerprint density at radius 1 is 1.75 bits per heavy atom. The predicted molar refractivity (Wildman–Crippen MR) is 31.7 cm³/mol. The molecule has 0 fully saturated rings. The lowest BCUT2D eigenvalue weighted by Crippen LogP contribution is -2.02. The number of hydrogen-bond acceptors (Lipinski definition) is 1. The maximum Gasteiger partial charge on any atom is 0.303 e. The zero-order valence-corrected chi connectivity index (χ0v) is 5.35. The number of carboxylic acid groups (broad SMARTS) is 1. The first kappa shape index (κ1) is 7.47. The van der Waals surface area contributed by atoms with Crippen LogP contribution < -0.4 is 0 Å². The van der Waals surface area contributed by atoms with E-state index in [4.69, 9.17) is 5.11 Å². The highest BCUT2D eigenvalue weighted by molar-refractivity contribution is 5.66. The van der Waals surface area contributed by atoms with Crippen molar-refractivity contribution < 1.29 is 9.90 Å². The van der Waals surface area contributed by atoms with Crippen molar-refractivity contribution in [2.75, 3.05) is 0 Å². The van der Waals surface area contributed by atoms with Crippen molar-refractivity contribution in [1.29, 1.82) is 0 Å². The molecule has 0 aliphatic rings. The van der Waals surface area contributed by atoms with Gasteiger partial charge in [-0.25, -0.2) is 0 Å². The first-order chi connectivity index (χ1) is 3.66. The first-order valence-corrected chi connectivity index (χ1v) is 2.88. The Bertz CT molecular complexity index is 78.6. The summed E-state index contributed by atoms with van der Waals surface area (Å²) in [7, 11) is 0. The molecule has 0 saturated carbocycles. The average molecular weight is 116 g/mol. The van der Waals surface area contributed by atoms with Crippen molar-refractivity contribution in [1.82, 2.24) is 0 Å². The number of hydrogen-bond donors (Lipinski definition) is 1. The molecule has 1 atom stereocenters. The molecule has 0 spiro atoms. The van der Waals surface area contributed by atoms with Crippen molar-refractivity contribution in [3.8, 4) is 0 Å². The third-order valence-electron chi connectivity index (χ3n) is 1.22. The molecule has 0 rings (SSSR count). The molecule has 0 aromatic heterocycles. The van der Waals surface area contributed by atoms with Gasteiger partial charge < -0.3 is 5.11 Å². The van der Waals surface area contributed by atoms with Crippen molar-refractivity contribution >= 4 is 5.97 Å². The fourth-order valence-electron chi connectivity index (χ4n) is 0.442. The van der Waals surface area contributed by atoms with Crippen LogP contribution in [0.1, 0.15) is 26.7 Å². The normalized spacial score (nSPS) is 13.2. The molecule has 8 heavy (non-hydrogen) atoms. The van der Waals surface area contributed by atoms with Gasteiger partial charge in [0.05, 0.1) is 0 Å². The summed E-state index contributed by atoms with van der Waals surface area (Å²) in [6.07, 6.45) is 1.25. The van der Waals surface area contributed by atoms with Gasteiger partial charge in [0.1, 0.15) is 0 Å². The second-order valence-corrected chi connectivity index (χ2v) is 2.11. The van der Waals surface area contributed by atoms with Gasteiger partial charge in [0.25, 0.3) is 0 Å². The van der Waals surface area contributed by atoms with Crippen LogP contribution in [0.4, 0.5) is 0 Å². The van der Waals surface area contributed by atoms with E-state index in [1.54, 1.807) is 0 Å². The maximum absolute atomic E-state index is 9.97. The largest absolute Gasteiger partial charge is 0.481 e. The van der Waals surface area contributed by atoms with Crippen LogP contribution in [0, 0.1) is 5.92 Å². The van der Waals surface area contributed by atoms with Crippen molar-refractivity contribution in [2.45, 2.75) is 26.7 Å². The zero-order chi connectivity index (χ0) is 6.57. The van der Waals surface area contributed by atoms with Crippen LogP contribution in [0.2, 0.25) is 0 Å². The first-order valence-electron chi connectivity index (χ1n) is 2.88. The van der Waals surface area contributed by atoms with E-state index in [1.807, 2.05) is 13.8 Å². The minimum absolute atomic E-state index is 0.302. The van der Waals surface area contributed by atoms with Crippen molar-refractivity contribution in [2.24, 2.45) is 5.92 Å². The Balaban J connectivity index is 3.24. The summed E-state index contributed by atoms with van der Waals surface area (Å²) >= 11 is 0. The highest BCUT2D eigenvalue weighted by atomic mass is 16.4. The lowest BCUT2D eigenvalue weighted by Gasteiger charge is -2.00. The summed E-state index contributed by atoms with van der Waals surface area (Å²) in [6, 6.07) is 0. The van der Waals surface area contributed by atoms with Crippen molar-refractivity contribution in [3.63, 3.8) is 0 Å². The van der Waals surface area contributed by atoms with Gasteiger partial charge in [-0.05, 0) is 5.92 Å². The quantitative estimate of drug-likeness (QED) is 0.606. The fourth-order valence-corrected chi connectivity index (χ4v) is 0.442. The lowest BCUT2D eigenvalue weighted by molar-refractivity contribution is -0.137. The maximum atomic E-state index is 9.97. The van der Waals surface area contributed by atoms with Gasteiger partial charge in [0.15, 0.2) is 0 Å². The Labute approximate surface area is 49.5 Å². The average Bonchev–Trinajstić information content (AvgIpc) is 1.65. The van der Waals surface area contributed by atoms with Gasteiger partial charge >= 0.3 is 5.97 Å². The van der Waals surface area contributed by atoms with Crippen LogP contribution in [0.15, 0.2) is 0 Å². The van der Waals surface area contributed by atoms with Gasteiger partial charge in [-0.2, -0.15) is 0 Å². The van der Waals surface area contributed by atoms with E-state index in [2.05, 4.69) is 0 Å². The molecular weight excluding hydrogens is 104 g/mol. The van der Waals surface area contributed by atoms with E-state index < -0.39 is 5.97 Å². The molecule has 0 bridgehead atoms. The molecule has 1 N–H and O–H groups in total. The third kappa shape index (κ3) is 3.65. The molecule has 0 aliphatic carbocycles. The number of carboxylic acids is 1. The Morgan fingerprint density at radius 2 is 2.25 bits per heavy atom. The SMILES string of the molecule is CCC(C)CC(=O)O. The van der Waals surface area contributed by atoms with Crippen molar-refractivity contribution in [3.05, 3.63) is 0 Å². The van der Waals surface area contributed by atoms with Gasteiger partial charge in [-0.15, -0.1) is 0 Å². The van der Waals surface area contributed by atoms with Gasteiger partial charge in [-0.1, -0.05) is 20.3 Å². The molecule has 0 aliphatic heterocycles. The Kier molecular flexibility index (Phi) is 3.24. The molecule has 0 aromatic carbocycles. The summed E-state index contributed by atoms with van der Waals surface area (Å²) in [5.74, 6) is -0.369. The minimum Gasteiger partial charge on any atom is -0.481 e. The van der Waals surface area contributed by atoms with Gasteiger partial charge in [0.2, 0.25) is 0 Å². The Hall–Kier alpha value is -0.530. The topological polar surface area (TPSA) is 37.3 Å². The second kappa shape index (κ2) is 3.47. The smallest absolute Gasteiger partial charge is 0.303 e. The standard InChI is InChI=1S/C6H12O2/c1-3-5(2)4-6(7)8/h5H,3-4H2,1-2H3,(H,7,8). The van der Waals surface area contributed by atoms with Crippen LogP contribution in [-0.2, 0) is 4.79 Å². The number of rotatable bonds is 3. The van der Waals surface area contributed by atoms with Crippen LogP contribution in [-0.4, -0.2) is 11.1 Å². The summed E-state index contributed by atoms with van der Waals surface area (Å²) in [4.78, 5) is 9.97. The monoisotopic (exact) mass is 116 g/mol. The van der Waals surface area contributed by atoms with E-state index >= 15 is 0 Å². The molecule has 0 radical (unpaired) electrons. The number of carbonyl (C=O) groups is 1. The van der Waals surface area contributed by atoms with E-state index in [1.165, 1.54) is 0 Å². The van der Waals surface area contributed by atoms with Crippen LogP contribution in [0.5, 0.6) is 0 Å². The summed E-state index contributed by atoms with van der Waals surface area (Å²) < 4.78 is 0. The molecule has 0 aromatic rings. The van der Waals surface area contributed by atoms with Crippen LogP contribution >= 0.6 is 0 Å². The molecule has 1 unspecified atom stereocenters. The molecule has 2 heteroatoms. The van der Waals surface area contributed by atoms with E-state index in [-0.39, 0.29) is 0 Å². The number of aliphatic carboxylic acids is 1. The van der Waals surface area contributed by atoms with Gasteiger partial charge in [0, 0.05) is 6.42 Å². The summed E-state index contributed by atoms with van der Waals surface area (Å²) in [5.41, 5.74) is 0. The fraction of sp³-hybridized carbons (Fsp3) is 0.833. The molecule has 2 nitrogen and oxygen atoms in total. The minimum atomic E-state index is -0.695. The van der Waals surface area contributed by atoms with Gasteiger partial charge in [-0.3, -0.25) is 4.79 Å². The molecule has 48 valence electrons. The zero-order valence-electron chi connectivity index (χ0n) is 5.35. The third-order valence-corrected chi connectivity index (χ3v) is 1.22. The van der Waals surface area contributed by atoms with E-state index in [9.17, 15) is 4.79 Å². The van der Waals surface area contributed by atoms with Crippen LogP contribution in [0.25, 0.3) is 0 Å². The lowest BCUT2D eigenvalue weighted by atomic mass is 10.1. The Morgan fingerprint density at radius 3 is 2.38 bits per heavy atom. The highest BCUT2D eigenvalue weighted by Crippen LogP contribution is 2.04. The molecular formula is C6H12O2. The van der Waals surface area contributed by atoms with Crippen LogP contribution in [0.3, 0.4) is 0 Å². The molecule has 0 saturated heterocycles. The van der Waals surface area contributed by atoms with E-state index in [0.29, 0.717) is 12.3 Å².